The van der Waals surface area contributed by atoms with Crippen LogP contribution in [0.3, 0.4) is 0 Å². The Morgan fingerprint density at radius 3 is 2.79 bits per heavy atom. The van der Waals surface area contributed by atoms with Gasteiger partial charge in [-0.05, 0) is 18.2 Å². The minimum atomic E-state index is -0.475. The molecule has 0 fully saturated rings. The predicted octanol–water partition coefficient (Wildman–Crippen LogP) is 2.25. The maximum atomic E-state index is 13.1. The Morgan fingerprint density at radius 1 is 1.43 bits per heavy atom. The lowest BCUT2D eigenvalue weighted by atomic mass is 10.3. The summed E-state index contributed by atoms with van der Waals surface area (Å²) < 4.78 is 14.7. The van der Waals surface area contributed by atoms with Crippen LogP contribution in [0.25, 0.3) is 5.69 Å². The number of imidazole rings is 1. The summed E-state index contributed by atoms with van der Waals surface area (Å²) in [6.07, 6.45) is 3.19. The van der Waals surface area contributed by atoms with E-state index in [4.69, 9.17) is 17.3 Å². The van der Waals surface area contributed by atoms with Crippen molar-refractivity contribution in [2.24, 2.45) is 0 Å². The van der Waals surface area contributed by atoms with Gasteiger partial charge in [-0.1, -0.05) is 11.6 Å². The summed E-state index contributed by atoms with van der Waals surface area (Å²) in [6, 6.07) is 4.45. The smallest absolute Gasteiger partial charge is 0.204 e. The molecule has 0 amide bonds. The minimum Gasteiger partial charge on any atom is -0.369 e. The van der Waals surface area contributed by atoms with Crippen LogP contribution in [0, 0.1) is 5.82 Å². The lowest BCUT2D eigenvalue weighted by Crippen LogP contribution is -1.99. The molecule has 0 unspecified atom stereocenters. The molecule has 1 aromatic carbocycles. The number of nitrogens with zero attached hydrogens (tertiary/aromatic N) is 2. The predicted molar refractivity (Wildman–Crippen MR) is 52.9 cm³/mol. The zero-order chi connectivity index (χ0) is 10.1. The lowest BCUT2D eigenvalue weighted by Gasteiger charge is -2.04. The second-order valence-electron chi connectivity index (χ2n) is 2.75. The van der Waals surface area contributed by atoms with Crippen molar-refractivity contribution in [1.29, 1.82) is 0 Å². The molecule has 0 aliphatic heterocycles. The maximum absolute atomic E-state index is 13.1. The van der Waals surface area contributed by atoms with Gasteiger partial charge in [0.2, 0.25) is 5.95 Å². The molecular formula is C9H7ClFN3. The molecule has 2 N–H and O–H groups in total. The lowest BCUT2D eigenvalue weighted by molar-refractivity contribution is 0.627. The fraction of sp³-hybridized carbons (Fsp3) is 0. The summed E-state index contributed by atoms with van der Waals surface area (Å²) in [6.45, 7) is 0. The van der Waals surface area contributed by atoms with Crippen LogP contribution in [-0.4, -0.2) is 9.55 Å². The van der Waals surface area contributed by atoms with E-state index in [0.29, 0.717) is 11.6 Å². The zero-order valence-corrected chi connectivity index (χ0v) is 7.87. The van der Waals surface area contributed by atoms with E-state index >= 15 is 0 Å². The highest BCUT2D eigenvalue weighted by Crippen LogP contribution is 2.19. The monoisotopic (exact) mass is 211 g/mol. The van der Waals surface area contributed by atoms with Gasteiger partial charge in [0.25, 0.3) is 0 Å². The molecule has 0 spiro atoms. The van der Waals surface area contributed by atoms with E-state index in [1.54, 1.807) is 23.0 Å². The van der Waals surface area contributed by atoms with Gasteiger partial charge >= 0.3 is 0 Å². The SMILES string of the molecule is Nc1nccn1-c1ccc(Cl)c(F)c1. The van der Waals surface area contributed by atoms with Crippen molar-refractivity contribution in [3.05, 3.63) is 41.4 Å². The van der Waals surface area contributed by atoms with E-state index in [-0.39, 0.29) is 5.02 Å². The standard InChI is InChI=1S/C9H7ClFN3/c10-7-2-1-6(5-8(7)11)14-4-3-13-9(14)12/h1-5H,(H2,12,13). The molecule has 14 heavy (non-hydrogen) atoms. The van der Waals surface area contributed by atoms with Crippen molar-refractivity contribution in [1.82, 2.24) is 9.55 Å². The number of aromatic nitrogens is 2. The average Bonchev–Trinajstić information content (AvgIpc) is 2.57. The molecule has 1 heterocycles. The molecule has 2 rings (SSSR count). The average molecular weight is 212 g/mol. The first-order valence-electron chi connectivity index (χ1n) is 3.93. The van der Waals surface area contributed by atoms with Gasteiger partial charge in [0.05, 0.1) is 10.7 Å². The summed E-state index contributed by atoms with van der Waals surface area (Å²) in [5, 5.41) is 0.0902. The summed E-state index contributed by atoms with van der Waals surface area (Å²) >= 11 is 5.55. The van der Waals surface area contributed by atoms with Gasteiger partial charge in [0, 0.05) is 12.4 Å². The zero-order valence-electron chi connectivity index (χ0n) is 7.11. The Hall–Kier alpha value is -1.55. The second-order valence-corrected chi connectivity index (χ2v) is 3.16. The van der Waals surface area contributed by atoms with Crippen molar-refractivity contribution < 1.29 is 4.39 Å². The number of anilines is 1. The van der Waals surface area contributed by atoms with Crippen LogP contribution in [0.4, 0.5) is 10.3 Å². The van der Waals surface area contributed by atoms with Crippen LogP contribution in [-0.2, 0) is 0 Å². The van der Waals surface area contributed by atoms with Crippen molar-refractivity contribution >= 4 is 17.5 Å². The number of hydrogen-bond acceptors (Lipinski definition) is 2. The Bertz CT molecular complexity index is 467. The number of nitrogens with two attached hydrogens (primary N) is 1. The molecule has 2 aromatic rings. The fourth-order valence-electron chi connectivity index (χ4n) is 1.17. The fourth-order valence-corrected chi connectivity index (χ4v) is 1.29. The number of rotatable bonds is 1. The van der Waals surface area contributed by atoms with Crippen LogP contribution < -0.4 is 5.73 Å². The van der Waals surface area contributed by atoms with Gasteiger partial charge in [0.15, 0.2) is 0 Å². The Balaban J connectivity index is 2.53. The Kier molecular flexibility index (Phi) is 2.13. The topological polar surface area (TPSA) is 43.8 Å². The molecule has 5 heteroatoms. The molecule has 0 radical (unpaired) electrons. The number of benzene rings is 1. The third kappa shape index (κ3) is 1.44. The second kappa shape index (κ2) is 3.31. The van der Waals surface area contributed by atoms with Crippen molar-refractivity contribution in [2.45, 2.75) is 0 Å². The quantitative estimate of drug-likeness (QED) is 0.786. The third-order valence-electron chi connectivity index (χ3n) is 1.85. The summed E-state index contributed by atoms with van der Waals surface area (Å²) in [5.41, 5.74) is 6.16. The van der Waals surface area contributed by atoms with Crippen LogP contribution in [0.2, 0.25) is 5.02 Å². The Morgan fingerprint density at radius 2 is 2.21 bits per heavy atom. The molecule has 0 aliphatic carbocycles. The molecule has 1 aromatic heterocycles. The highest BCUT2D eigenvalue weighted by atomic mass is 35.5. The number of halogens is 2. The van der Waals surface area contributed by atoms with Crippen molar-refractivity contribution in [3.8, 4) is 5.69 Å². The largest absolute Gasteiger partial charge is 0.369 e. The molecule has 0 saturated carbocycles. The van der Waals surface area contributed by atoms with Crippen LogP contribution in [0.5, 0.6) is 0 Å². The highest BCUT2D eigenvalue weighted by Gasteiger charge is 2.04. The Labute approximate surface area is 84.9 Å². The van der Waals surface area contributed by atoms with Crippen LogP contribution in [0.1, 0.15) is 0 Å². The molecule has 3 nitrogen and oxygen atoms in total. The maximum Gasteiger partial charge on any atom is 0.204 e. The van der Waals surface area contributed by atoms with Gasteiger partial charge in [0.1, 0.15) is 5.82 Å². The van der Waals surface area contributed by atoms with Gasteiger partial charge in [-0.25, -0.2) is 9.37 Å². The summed E-state index contributed by atoms with van der Waals surface area (Å²) in [5.74, 6) is -0.163. The first kappa shape index (κ1) is 9.02. The van der Waals surface area contributed by atoms with E-state index in [9.17, 15) is 4.39 Å². The number of hydrogen-bond donors (Lipinski definition) is 1. The molecule has 72 valence electrons. The van der Waals surface area contributed by atoms with E-state index in [1.165, 1.54) is 12.1 Å². The van der Waals surface area contributed by atoms with E-state index in [1.807, 2.05) is 0 Å². The minimum absolute atomic E-state index is 0.0902. The van der Waals surface area contributed by atoms with Crippen molar-refractivity contribution in [2.75, 3.05) is 5.73 Å². The number of nitrogen functional groups attached to an aromatic ring is 1. The first-order valence-corrected chi connectivity index (χ1v) is 4.30. The molecule has 0 aliphatic rings. The van der Waals surface area contributed by atoms with Crippen molar-refractivity contribution in [3.63, 3.8) is 0 Å². The van der Waals surface area contributed by atoms with Gasteiger partial charge in [-0.15, -0.1) is 0 Å². The molecule has 0 saturated heterocycles. The van der Waals surface area contributed by atoms with E-state index in [0.717, 1.165) is 0 Å². The van der Waals surface area contributed by atoms with Crippen LogP contribution in [0.15, 0.2) is 30.6 Å². The van der Waals surface area contributed by atoms with Crippen LogP contribution >= 0.6 is 11.6 Å². The highest BCUT2D eigenvalue weighted by molar-refractivity contribution is 6.30. The third-order valence-corrected chi connectivity index (χ3v) is 2.16. The first-order chi connectivity index (χ1) is 6.68. The molecule has 0 atom stereocenters. The van der Waals surface area contributed by atoms with E-state index < -0.39 is 5.82 Å². The molecular weight excluding hydrogens is 205 g/mol. The van der Waals surface area contributed by atoms with E-state index in [2.05, 4.69) is 4.98 Å². The molecule has 0 bridgehead atoms. The van der Waals surface area contributed by atoms with Gasteiger partial charge in [-0.2, -0.15) is 0 Å². The van der Waals surface area contributed by atoms with Gasteiger partial charge < -0.3 is 5.73 Å². The van der Waals surface area contributed by atoms with Gasteiger partial charge in [-0.3, -0.25) is 4.57 Å². The summed E-state index contributed by atoms with van der Waals surface area (Å²) in [4.78, 5) is 3.83. The normalized spacial score (nSPS) is 10.4. The summed E-state index contributed by atoms with van der Waals surface area (Å²) in [7, 11) is 0.